The van der Waals surface area contributed by atoms with Crippen LogP contribution in [0.25, 0.3) is 5.69 Å². The number of benzene rings is 3. The van der Waals surface area contributed by atoms with E-state index in [2.05, 4.69) is 10.3 Å². The number of nitrogens with zero attached hydrogens (tertiary/aromatic N) is 2. The van der Waals surface area contributed by atoms with Crippen LogP contribution in [0.2, 0.25) is 5.02 Å². The number of halogens is 3. The van der Waals surface area contributed by atoms with Gasteiger partial charge in [-0.05, 0) is 66.2 Å². The Labute approximate surface area is 176 Å². The molecule has 1 N–H and O–H groups in total. The SMILES string of the molecule is O=C(Nc1ccc(F)cc1)c1cn(-c2ccc(Cl)cc2)c(Cc2ccc(F)cc2)n1. The van der Waals surface area contributed by atoms with E-state index < -0.39 is 5.91 Å². The number of aromatic nitrogens is 2. The number of carbonyl (C=O) groups excluding carboxylic acids is 1. The van der Waals surface area contributed by atoms with Gasteiger partial charge in [-0.25, -0.2) is 13.8 Å². The zero-order valence-corrected chi connectivity index (χ0v) is 16.4. The average molecular weight is 424 g/mol. The summed E-state index contributed by atoms with van der Waals surface area (Å²) in [5.74, 6) is -0.524. The van der Waals surface area contributed by atoms with Gasteiger partial charge in [-0.15, -0.1) is 0 Å². The molecule has 0 aliphatic carbocycles. The zero-order chi connectivity index (χ0) is 21.1. The summed E-state index contributed by atoms with van der Waals surface area (Å²) in [4.78, 5) is 17.2. The highest BCUT2D eigenvalue weighted by atomic mass is 35.5. The number of anilines is 1. The molecule has 0 saturated heterocycles. The molecule has 0 radical (unpaired) electrons. The molecule has 7 heteroatoms. The highest BCUT2D eigenvalue weighted by molar-refractivity contribution is 6.30. The summed E-state index contributed by atoms with van der Waals surface area (Å²) >= 11 is 5.99. The van der Waals surface area contributed by atoms with Gasteiger partial charge >= 0.3 is 0 Å². The van der Waals surface area contributed by atoms with Gasteiger partial charge in [-0.3, -0.25) is 4.79 Å². The predicted molar refractivity (Wildman–Crippen MR) is 112 cm³/mol. The maximum absolute atomic E-state index is 13.2. The average Bonchev–Trinajstić information content (AvgIpc) is 3.16. The monoisotopic (exact) mass is 423 g/mol. The van der Waals surface area contributed by atoms with Crippen LogP contribution < -0.4 is 5.32 Å². The fourth-order valence-electron chi connectivity index (χ4n) is 2.99. The van der Waals surface area contributed by atoms with Crippen LogP contribution in [0.3, 0.4) is 0 Å². The van der Waals surface area contributed by atoms with Gasteiger partial charge in [0.15, 0.2) is 0 Å². The second kappa shape index (κ2) is 8.47. The maximum Gasteiger partial charge on any atom is 0.275 e. The van der Waals surface area contributed by atoms with Crippen LogP contribution >= 0.6 is 11.6 Å². The Morgan fingerprint density at radius 1 is 0.900 bits per heavy atom. The van der Waals surface area contributed by atoms with E-state index in [1.807, 2.05) is 12.1 Å². The second-order valence-corrected chi connectivity index (χ2v) is 7.09. The van der Waals surface area contributed by atoms with E-state index >= 15 is 0 Å². The minimum atomic E-state index is -0.422. The molecule has 4 aromatic rings. The first-order valence-corrected chi connectivity index (χ1v) is 9.51. The summed E-state index contributed by atoms with van der Waals surface area (Å²) in [6.07, 6.45) is 2.02. The third-order valence-corrected chi connectivity index (χ3v) is 4.75. The van der Waals surface area contributed by atoms with Crippen molar-refractivity contribution < 1.29 is 13.6 Å². The van der Waals surface area contributed by atoms with Gasteiger partial charge in [-0.1, -0.05) is 23.7 Å². The Bertz CT molecular complexity index is 1170. The van der Waals surface area contributed by atoms with E-state index in [1.54, 1.807) is 35.0 Å². The number of hydrogen-bond donors (Lipinski definition) is 1. The molecular formula is C23H16ClF2N3O. The van der Waals surface area contributed by atoms with Gasteiger partial charge in [0.2, 0.25) is 0 Å². The van der Waals surface area contributed by atoms with E-state index in [0.717, 1.165) is 11.3 Å². The van der Waals surface area contributed by atoms with Crippen molar-refractivity contribution in [1.29, 1.82) is 0 Å². The molecule has 3 aromatic carbocycles. The molecule has 4 rings (SSSR count). The minimum absolute atomic E-state index is 0.200. The molecule has 0 aliphatic heterocycles. The summed E-state index contributed by atoms with van der Waals surface area (Å²) < 4.78 is 28.1. The molecule has 1 amide bonds. The quantitative estimate of drug-likeness (QED) is 0.451. The topological polar surface area (TPSA) is 46.9 Å². The molecule has 0 unspecified atom stereocenters. The van der Waals surface area contributed by atoms with Crippen molar-refractivity contribution in [1.82, 2.24) is 9.55 Å². The van der Waals surface area contributed by atoms with Crippen molar-refractivity contribution in [3.8, 4) is 5.69 Å². The Kier molecular flexibility index (Phi) is 5.59. The van der Waals surface area contributed by atoms with Gasteiger partial charge in [0.25, 0.3) is 5.91 Å². The number of imidazole rings is 1. The van der Waals surface area contributed by atoms with E-state index in [9.17, 15) is 13.6 Å². The molecule has 0 bridgehead atoms. The molecule has 4 nitrogen and oxygen atoms in total. The first-order chi connectivity index (χ1) is 14.5. The number of hydrogen-bond acceptors (Lipinski definition) is 2. The van der Waals surface area contributed by atoms with Crippen molar-refractivity contribution in [2.75, 3.05) is 5.32 Å². The first-order valence-electron chi connectivity index (χ1n) is 9.13. The summed E-state index contributed by atoms with van der Waals surface area (Å²) in [7, 11) is 0. The summed E-state index contributed by atoms with van der Waals surface area (Å²) in [6.45, 7) is 0. The maximum atomic E-state index is 13.2. The van der Waals surface area contributed by atoms with Crippen molar-refractivity contribution in [3.63, 3.8) is 0 Å². The fourth-order valence-corrected chi connectivity index (χ4v) is 3.12. The lowest BCUT2D eigenvalue weighted by Gasteiger charge is -2.08. The summed E-state index contributed by atoms with van der Waals surface area (Å²) in [5.41, 5.74) is 2.29. The third kappa shape index (κ3) is 4.55. The van der Waals surface area contributed by atoms with E-state index in [4.69, 9.17) is 11.6 Å². The zero-order valence-electron chi connectivity index (χ0n) is 15.6. The Hall–Kier alpha value is -3.51. The normalized spacial score (nSPS) is 10.8. The van der Waals surface area contributed by atoms with Gasteiger partial charge in [-0.2, -0.15) is 0 Å². The van der Waals surface area contributed by atoms with Crippen LogP contribution in [0.4, 0.5) is 14.5 Å². The van der Waals surface area contributed by atoms with Crippen LogP contribution in [0.5, 0.6) is 0 Å². The summed E-state index contributed by atoms with van der Waals surface area (Å²) in [5, 5.41) is 3.30. The Morgan fingerprint density at radius 2 is 1.50 bits per heavy atom. The highest BCUT2D eigenvalue weighted by Gasteiger charge is 2.16. The predicted octanol–water partition coefficient (Wildman–Crippen LogP) is 5.65. The Balaban J connectivity index is 1.67. The van der Waals surface area contributed by atoms with Crippen LogP contribution in [-0.4, -0.2) is 15.5 Å². The molecule has 150 valence electrons. The standard InChI is InChI=1S/C23H16ClF2N3O/c24-16-3-11-20(12-4-16)29-14-21(23(30)27-19-9-7-18(26)8-10-19)28-22(29)13-15-1-5-17(25)6-2-15/h1-12,14H,13H2,(H,27,30). The molecule has 1 heterocycles. The molecular weight excluding hydrogens is 408 g/mol. The third-order valence-electron chi connectivity index (χ3n) is 4.49. The van der Waals surface area contributed by atoms with Crippen LogP contribution in [0, 0.1) is 11.6 Å². The van der Waals surface area contributed by atoms with Crippen LogP contribution in [0.15, 0.2) is 79.0 Å². The lowest BCUT2D eigenvalue weighted by Crippen LogP contribution is -2.12. The van der Waals surface area contributed by atoms with Crippen molar-refractivity contribution >= 4 is 23.2 Å². The number of amides is 1. The van der Waals surface area contributed by atoms with Crippen molar-refractivity contribution in [2.45, 2.75) is 6.42 Å². The molecule has 0 fully saturated rings. The molecule has 0 atom stereocenters. The number of nitrogens with one attached hydrogen (secondary N) is 1. The molecule has 30 heavy (non-hydrogen) atoms. The Morgan fingerprint density at radius 3 is 2.13 bits per heavy atom. The van der Waals surface area contributed by atoms with Gasteiger partial charge in [0.1, 0.15) is 23.2 Å². The molecule has 1 aromatic heterocycles. The smallest absolute Gasteiger partial charge is 0.275 e. The fraction of sp³-hybridized carbons (Fsp3) is 0.0435. The number of rotatable bonds is 5. The van der Waals surface area contributed by atoms with Gasteiger partial charge < -0.3 is 9.88 Å². The molecule has 0 saturated carbocycles. The minimum Gasteiger partial charge on any atom is -0.321 e. The van der Waals surface area contributed by atoms with Crippen LogP contribution in [0.1, 0.15) is 21.9 Å². The molecule has 0 spiro atoms. The largest absolute Gasteiger partial charge is 0.321 e. The van der Waals surface area contributed by atoms with E-state index in [-0.39, 0.29) is 17.3 Å². The van der Waals surface area contributed by atoms with Crippen molar-refractivity contribution in [2.24, 2.45) is 0 Å². The van der Waals surface area contributed by atoms with Gasteiger partial charge in [0.05, 0.1) is 0 Å². The summed E-state index contributed by atoms with van der Waals surface area (Å²) in [6, 6.07) is 18.7. The molecule has 0 aliphatic rings. The van der Waals surface area contributed by atoms with Crippen LogP contribution in [-0.2, 0) is 6.42 Å². The first kappa shape index (κ1) is 19.8. The second-order valence-electron chi connectivity index (χ2n) is 6.65. The highest BCUT2D eigenvalue weighted by Crippen LogP contribution is 2.20. The lowest BCUT2D eigenvalue weighted by atomic mass is 10.1. The number of carbonyl (C=O) groups is 1. The van der Waals surface area contributed by atoms with E-state index in [1.165, 1.54) is 36.4 Å². The van der Waals surface area contributed by atoms with E-state index in [0.29, 0.717) is 23.0 Å². The van der Waals surface area contributed by atoms with Crippen molar-refractivity contribution in [3.05, 3.63) is 113 Å². The lowest BCUT2D eigenvalue weighted by molar-refractivity contribution is 0.102. The van der Waals surface area contributed by atoms with Gasteiger partial charge in [0, 0.05) is 29.0 Å².